The zero-order chi connectivity index (χ0) is 24.3. The third-order valence-electron chi connectivity index (χ3n) is 8.15. The van der Waals surface area contributed by atoms with E-state index in [0.29, 0.717) is 12.5 Å². The maximum absolute atomic E-state index is 13.4. The second-order valence-corrected chi connectivity index (χ2v) is 10.5. The molecule has 3 fully saturated rings. The highest BCUT2D eigenvalue weighted by molar-refractivity contribution is 5.85. The summed E-state index contributed by atoms with van der Waals surface area (Å²) in [4.78, 5) is 30.4. The Balaban J connectivity index is 1.13. The van der Waals surface area contributed by atoms with Crippen LogP contribution in [0, 0.1) is 11.3 Å². The van der Waals surface area contributed by atoms with E-state index in [1.54, 1.807) is 7.11 Å². The molecule has 0 unspecified atom stereocenters. The van der Waals surface area contributed by atoms with Gasteiger partial charge in [0.1, 0.15) is 5.75 Å². The maximum atomic E-state index is 13.4. The molecule has 35 heavy (non-hydrogen) atoms. The van der Waals surface area contributed by atoms with Crippen molar-refractivity contribution in [3.05, 3.63) is 65.7 Å². The van der Waals surface area contributed by atoms with Crippen LogP contribution < -0.4 is 10.1 Å². The van der Waals surface area contributed by atoms with Gasteiger partial charge in [0.2, 0.25) is 11.8 Å². The van der Waals surface area contributed by atoms with Gasteiger partial charge in [0, 0.05) is 25.6 Å². The number of ether oxygens (including phenoxy) is 1. The summed E-state index contributed by atoms with van der Waals surface area (Å²) < 4.78 is 5.25. The van der Waals surface area contributed by atoms with Crippen molar-refractivity contribution in [3.8, 4) is 5.75 Å². The van der Waals surface area contributed by atoms with Gasteiger partial charge in [-0.1, -0.05) is 42.5 Å². The molecular weight excluding hydrogens is 438 g/mol. The van der Waals surface area contributed by atoms with Gasteiger partial charge in [0.05, 0.1) is 18.6 Å². The molecule has 1 saturated carbocycles. The van der Waals surface area contributed by atoms with Gasteiger partial charge in [-0.05, 0) is 74.9 Å². The average Bonchev–Trinajstić information content (AvgIpc) is 3.72. The number of carbonyl (C=O) groups excluding carboxylic acids is 2. The van der Waals surface area contributed by atoms with Crippen LogP contribution in [-0.2, 0) is 16.1 Å². The molecule has 1 spiro atoms. The average molecular weight is 476 g/mol. The molecule has 2 aromatic carbocycles. The van der Waals surface area contributed by atoms with Gasteiger partial charge in [-0.25, -0.2) is 0 Å². The van der Waals surface area contributed by atoms with E-state index in [9.17, 15) is 9.59 Å². The predicted molar refractivity (Wildman–Crippen MR) is 136 cm³/mol. The molecule has 2 heterocycles. The van der Waals surface area contributed by atoms with E-state index < -0.39 is 0 Å². The number of hydrogen-bond donors (Lipinski definition) is 1. The third-order valence-corrected chi connectivity index (χ3v) is 8.15. The number of piperidine rings is 1. The summed E-state index contributed by atoms with van der Waals surface area (Å²) in [6, 6.07) is 18.4. The molecule has 2 saturated heterocycles. The number of nitrogens with one attached hydrogen (secondary N) is 1. The minimum absolute atomic E-state index is 0.0493. The summed E-state index contributed by atoms with van der Waals surface area (Å²) in [6.45, 7) is 4.34. The van der Waals surface area contributed by atoms with E-state index in [4.69, 9.17) is 4.74 Å². The van der Waals surface area contributed by atoms with Crippen LogP contribution in [0.25, 0.3) is 0 Å². The van der Waals surface area contributed by atoms with Gasteiger partial charge in [-0.2, -0.15) is 0 Å². The Labute approximate surface area is 208 Å². The highest BCUT2D eigenvalue weighted by Gasteiger charge is 2.47. The van der Waals surface area contributed by atoms with Crippen molar-refractivity contribution in [3.63, 3.8) is 0 Å². The normalized spacial score (nSPS) is 20.7. The van der Waals surface area contributed by atoms with Crippen molar-refractivity contribution in [2.24, 2.45) is 11.3 Å². The number of hydrogen-bond acceptors (Lipinski definition) is 4. The Morgan fingerprint density at radius 2 is 1.71 bits per heavy atom. The van der Waals surface area contributed by atoms with Gasteiger partial charge in [-0.3, -0.25) is 9.59 Å². The molecule has 2 aliphatic heterocycles. The Bertz CT molecular complexity index is 1010. The number of rotatable bonds is 9. The van der Waals surface area contributed by atoms with Crippen LogP contribution in [0.2, 0.25) is 0 Å². The first-order valence-corrected chi connectivity index (χ1v) is 13.1. The summed E-state index contributed by atoms with van der Waals surface area (Å²) in [5, 5.41) is 3.29. The number of methoxy groups -OCH3 is 1. The van der Waals surface area contributed by atoms with E-state index in [-0.39, 0.29) is 23.3 Å². The van der Waals surface area contributed by atoms with Crippen LogP contribution >= 0.6 is 0 Å². The zero-order valence-electron chi connectivity index (χ0n) is 20.7. The first-order valence-electron chi connectivity index (χ1n) is 13.1. The van der Waals surface area contributed by atoms with E-state index in [2.05, 4.69) is 22.3 Å². The summed E-state index contributed by atoms with van der Waals surface area (Å²) in [5.41, 5.74) is 2.13. The molecule has 6 heteroatoms. The number of likely N-dealkylation sites (tertiary alicyclic amines) is 2. The highest BCUT2D eigenvalue weighted by Crippen LogP contribution is 2.42. The van der Waals surface area contributed by atoms with Gasteiger partial charge in [0.15, 0.2) is 0 Å². The molecule has 0 bridgehead atoms. The lowest BCUT2D eigenvalue weighted by molar-refractivity contribution is -0.139. The second-order valence-electron chi connectivity index (χ2n) is 10.5. The topological polar surface area (TPSA) is 61.9 Å². The molecule has 1 aliphatic carbocycles. The van der Waals surface area contributed by atoms with E-state index >= 15 is 0 Å². The van der Waals surface area contributed by atoms with E-state index in [1.165, 1.54) is 5.56 Å². The van der Waals surface area contributed by atoms with Crippen molar-refractivity contribution < 1.29 is 14.3 Å². The monoisotopic (exact) mass is 475 g/mol. The van der Waals surface area contributed by atoms with Crippen LogP contribution in [0.4, 0.5) is 0 Å². The smallest absolute Gasteiger partial charge is 0.229 e. The lowest BCUT2D eigenvalue weighted by atomic mass is 9.77. The molecule has 2 amide bonds. The summed E-state index contributed by atoms with van der Waals surface area (Å²) in [5.74, 6) is 1.58. The van der Waals surface area contributed by atoms with Gasteiger partial charge in [0.25, 0.3) is 0 Å². The van der Waals surface area contributed by atoms with E-state index in [1.807, 2.05) is 47.4 Å². The van der Waals surface area contributed by atoms with Crippen molar-refractivity contribution in [2.75, 3.05) is 33.3 Å². The third kappa shape index (κ3) is 5.53. The van der Waals surface area contributed by atoms with Crippen molar-refractivity contribution in [1.82, 2.24) is 15.1 Å². The van der Waals surface area contributed by atoms with Crippen molar-refractivity contribution in [2.45, 2.75) is 51.1 Å². The molecule has 6 nitrogen and oxygen atoms in total. The lowest BCUT2D eigenvalue weighted by Gasteiger charge is -2.38. The maximum Gasteiger partial charge on any atom is 0.229 e. The fourth-order valence-electron chi connectivity index (χ4n) is 5.62. The Morgan fingerprint density at radius 1 is 1.03 bits per heavy atom. The molecule has 2 aromatic rings. The van der Waals surface area contributed by atoms with Gasteiger partial charge < -0.3 is 19.9 Å². The summed E-state index contributed by atoms with van der Waals surface area (Å²) in [7, 11) is 1.67. The van der Waals surface area contributed by atoms with Crippen molar-refractivity contribution >= 4 is 11.8 Å². The molecule has 1 atom stereocenters. The lowest BCUT2D eigenvalue weighted by Crippen LogP contribution is -2.45. The first kappa shape index (κ1) is 23.9. The van der Waals surface area contributed by atoms with Crippen LogP contribution in [0.15, 0.2) is 54.6 Å². The van der Waals surface area contributed by atoms with Gasteiger partial charge in [-0.15, -0.1) is 0 Å². The Hall–Kier alpha value is -2.86. The highest BCUT2D eigenvalue weighted by atomic mass is 16.5. The van der Waals surface area contributed by atoms with Crippen LogP contribution in [0.5, 0.6) is 5.75 Å². The van der Waals surface area contributed by atoms with E-state index in [0.717, 1.165) is 76.0 Å². The Morgan fingerprint density at radius 3 is 2.37 bits per heavy atom. The largest absolute Gasteiger partial charge is 0.497 e. The van der Waals surface area contributed by atoms with Crippen LogP contribution in [0.1, 0.15) is 55.7 Å². The second kappa shape index (κ2) is 10.4. The first-order chi connectivity index (χ1) is 17.1. The van der Waals surface area contributed by atoms with Crippen LogP contribution in [-0.4, -0.2) is 54.9 Å². The standard InChI is InChI=1S/C29H37N3O3/c1-35-25-11-7-22(8-12-25)21-32-20-16-29(28(32)34)14-18-31(19-15-29)17-13-26(23-5-3-2-4-6-23)30-27(33)24-9-10-24/h2-8,11-12,24,26H,9-10,13-21H2,1H3,(H,30,33)/t26-/m0/s1. The predicted octanol–water partition coefficient (Wildman–Crippen LogP) is 4.17. The summed E-state index contributed by atoms with van der Waals surface area (Å²) in [6.07, 6.45) is 5.74. The molecule has 1 N–H and O–H groups in total. The number of carbonyl (C=O) groups is 2. The molecule has 3 aliphatic rings. The van der Waals surface area contributed by atoms with Gasteiger partial charge >= 0.3 is 0 Å². The molecule has 5 rings (SSSR count). The number of nitrogens with zero attached hydrogens (tertiary/aromatic N) is 2. The quantitative estimate of drug-likeness (QED) is 0.591. The van der Waals surface area contributed by atoms with Crippen molar-refractivity contribution in [1.29, 1.82) is 0 Å². The Kier molecular flexibility index (Phi) is 7.09. The minimum Gasteiger partial charge on any atom is -0.497 e. The summed E-state index contributed by atoms with van der Waals surface area (Å²) >= 11 is 0. The minimum atomic E-state index is -0.192. The zero-order valence-corrected chi connectivity index (χ0v) is 20.7. The molecule has 0 aromatic heterocycles. The number of benzene rings is 2. The molecular formula is C29H37N3O3. The molecule has 186 valence electrons. The fraction of sp³-hybridized carbons (Fsp3) is 0.517. The molecule has 0 radical (unpaired) electrons. The SMILES string of the molecule is COc1ccc(CN2CCC3(CCN(CC[C@H](NC(=O)C4CC4)c4ccccc4)CC3)C2=O)cc1. The number of amides is 2. The van der Waals surface area contributed by atoms with Crippen LogP contribution in [0.3, 0.4) is 0 Å². The fourth-order valence-corrected chi connectivity index (χ4v) is 5.62.